The fraction of sp³-hybridized carbons (Fsp3) is 0.0667. The molecule has 0 unspecified atom stereocenters. The lowest BCUT2D eigenvalue weighted by molar-refractivity contribution is -0.114. The summed E-state index contributed by atoms with van der Waals surface area (Å²) in [6, 6.07) is 10.3. The molecule has 2 rings (SSSR count). The first-order valence-electron chi connectivity index (χ1n) is 6.29. The molecule has 0 aliphatic heterocycles. The van der Waals surface area contributed by atoms with Gasteiger partial charge in [-0.25, -0.2) is 13.6 Å². The Kier molecular flexibility index (Phi) is 4.67. The van der Waals surface area contributed by atoms with Crippen molar-refractivity contribution in [1.29, 1.82) is 0 Å². The van der Waals surface area contributed by atoms with Crippen molar-refractivity contribution in [1.82, 2.24) is 0 Å². The number of carboxylic acids is 1. The Labute approximate surface area is 124 Å². The molecule has 0 aromatic heterocycles. The molecule has 0 saturated heterocycles. The minimum atomic E-state index is -1.47. The van der Waals surface area contributed by atoms with Crippen LogP contribution in [0.2, 0.25) is 0 Å². The summed E-state index contributed by atoms with van der Waals surface area (Å²) in [7, 11) is 0. The van der Waals surface area contributed by atoms with E-state index in [0.29, 0.717) is 11.8 Å². The van der Waals surface area contributed by atoms with Crippen molar-refractivity contribution in [2.45, 2.75) is 0 Å². The van der Waals surface area contributed by atoms with E-state index in [1.165, 1.54) is 0 Å². The molecular weight excluding hydrogens is 294 g/mol. The van der Waals surface area contributed by atoms with Gasteiger partial charge in [0.2, 0.25) is 5.91 Å². The van der Waals surface area contributed by atoms with Crippen molar-refractivity contribution in [3.8, 4) is 0 Å². The lowest BCUT2D eigenvalue weighted by atomic mass is 10.1. The van der Waals surface area contributed by atoms with Crippen LogP contribution in [0.5, 0.6) is 0 Å². The summed E-state index contributed by atoms with van der Waals surface area (Å²) in [5.74, 6) is -4.81. The predicted molar refractivity (Wildman–Crippen MR) is 76.9 cm³/mol. The maximum absolute atomic E-state index is 13.7. The Morgan fingerprint density at radius 1 is 1.05 bits per heavy atom. The normalized spacial score (nSPS) is 10.1. The molecule has 0 radical (unpaired) electrons. The predicted octanol–water partition coefficient (Wildman–Crippen LogP) is 2.71. The van der Waals surface area contributed by atoms with E-state index in [1.807, 2.05) is 0 Å². The van der Waals surface area contributed by atoms with E-state index in [4.69, 9.17) is 5.11 Å². The number of benzene rings is 2. The van der Waals surface area contributed by atoms with Crippen molar-refractivity contribution in [2.75, 3.05) is 17.2 Å². The molecule has 2 aromatic carbocycles. The summed E-state index contributed by atoms with van der Waals surface area (Å²) >= 11 is 0. The molecular formula is C15H12F2N2O3. The highest BCUT2D eigenvalue weighted by Gasteiger charge is 2.19. The summed E-state index contributed by atoms with van der Waals surface area (Å²) < 4.78 is 26.9. The van der Waals surface area contributed by atoms with Gasteiger partial charge in [0.25, 0.3) is 0 Å². The third-order valence-corrected chi connectivity index (χ3v) is 2.82. The van der Waals surface area contributed by atoms with Crippen LogP contribution in [-0.4, -0.2) is 23.5 Å². The second-order valence-electron chi connectivity index (χ2n) is 4.36. The number of amides is 1. The van der Waals surface area contributed by atoms with Crippen LogP contribution in [0.25, 0.3) is 0 Å². The standard InChI is InChI=1S/C15H12F2N2O3/c16-11-7-6-10(15(21)22)14(13(11)17)19-12(20)8-18-9-4-2-1-3-5-9/h1-7,18H,8H2,(H,19,20)(H,21,22). The molecule has 1 amide bonds. The first kappa shape index (κ1) is 15.4. The van der Waals surface area contributed by atoms with Gasteiger partial charge in [0.15, 0.2) is 11.6 Å². The minimum absolute atomic E-state index is 0.223. The molecule has 0 bridgehead atoms. The molecule has 0 saturated carbocycles. The van der Waals surface area contributed by atoms with Crippen LogP contribution in [0.4, 0.5) is 20.2 Å². The zero-order valence-electron chi connectivity index (χ0n) is 11.3. The molecule has 0 spiro atoms. The van der Waals surface area contributed by atoms with Crippen LogP contribution in [0.15, 0.2) is 42.5 Å². The maximum atomic E-state index is 13.7. The van der Waals surface area contributed by atoms with Gasteiger partial charge in [-0.05, 0) is 24.3 Å². The van der Waals surface area contributed by atoms with Crippen LogP contribution < -0.4 is 10.6 Å². The number of halogens is 2. The van der Waals surface area contributed by atoms with Crippen LogP contribution >= 0.6 is 0 Å². The summed E-state index contributed by atoms with van der Waals surface area (Å²) in [5.41, 5.74) is -0.546. The summed E-state index contributed by atoms with van der Waals surface area (Å²) in [6.45, 7) is -0.223. The number of carbonyl (C=O) groups excluding carboxylic acids is 1. The highest BCUT2D eigenvalue weighted by atomic mass is 19.2. The van der Waals surface area contributed by atoms with E-state index in [2.05, 4.69) is 10.6 Å². The third-order valence-electron chi connectivity index (χ3n) is 2.82. The topological polar surface area (TPSA) is 78.4 Å². The number of aromatic carboxylic acids is 1. The van der Waals surface area contributed by atoms with Gasteiger partial charge in [-0.15, -0.1) is 0 Å². The van der Waals surface area contributed by atoms with E-state index in [-0.39, 0.29) is 6.54 Å². The number of para-hydroxylation sites is 1. The van der Waals surface area contributed by atoms with Crippen LogP contribution in [0.3, 0.4) is 0 Å². The van der Waals surface area contributed by atoms with E-state index in [0.717, 1.165) is 6.07 Å². The average Bonchev–Trinajstić information content (AvgIpc) is 2.50. The molecule has 2 aromatic rings. The van der Waals surface area contributed by atoms with Gasteiger partial charge in [0, 0.05) is 5.69 Å². The van der Waals surface area contributed by atoms with E-state index < -0.39 is 34.8 Å². The largest absolute Gasteiger partial charge is 0.478 e. The van der Waals surface area contributed by atoms with Crippen LogP contribution in [0, 0.1) is 11.6 Å². The Hall–Kier alpha value is -2.96. The molecule has 0 fully saturated rings. The van der Waals surface area contributed by atoms with E-state index >= 15 is 0 Å². The van der Waals surface area contributed by atoms with Gasteiger partial charge in [-0.3, -0.25) is 4.79 Å². The fourth-order valence-electron chi connectivity index (χ4n) is 1.77. The molecule has 0 aliphatic rings. The number of hydrogen-bond acceptors (Lipinski definition) is 3. The molecule has 3 N–H and O–H groups in total. The third kappa shape index (κ3) is 3.57. The molecule has 22 heavy (non-hydrogen) atoms. The van der Waals surface area contributed by atoms with Gasteiger partial charge in [0.05, 0.1) is 17.8 Å². The SMILES string of the molecule is O=C(CNc1ccccc1)Nc1c(C(=O)O)ccc(F)c1F. The summed E-state index contributed by atoms with van der Waals surface area (Å²) in [6.07, 6.45) is 0. The first-order chi connectivity index (χ1) is 10.5. The molecule has 114 valence electrons. The number of carbonyl (C=O) groups is 2. The fourth-order valence-corrected chi connectivity index (χ4v) is 1.77. The van der Waals surface area contributed by atoms with Gasteiger partial charge in [0.1, 0.15) is 0 Å². The van der Waals surface area contributed by atoms with Gasteiger partial charge in [-0.2, -0.15) is 0 Å². The zero-order chi connectivity index (χ0) is 16.1. The number of hydrogen-bond donors (Lipinski definition) is 3. The van der Waals surface area contributed by atoms with Crippen molar-refractivity contribution < 1.29 is 23.5 Å². The Morgan fingerprint density at radius 2 is 1.73 bits per heavy atom. The van der Waals surface area contributed by atoms with Gasteiger partial charge >= 0.3 is 5.97 Å². The minimum Gasteiger partial charge on any atom is -0.478 e. The van der Waals surface area contributed by atoms with Crippen molar-refractivity contribution in [2.24, 2.45) is 0 Å². The maximum Gasteiger partial charge on any atom is 0.337 e. The van der Waals surface area contributed by atoms with Crippen LogP contribution in [0.1, 0.15) is 10.4 Å². The molecule has 7 heteroatoms. The summed E-state index contributed by atoms with van der Waals surface area (Å²) in [5, 5.41) is 13.8. The second kappa shape index (κ2) is 6.66. The van der Waals surface area contributed by atoms with Crippen molar-refractivity contribution >= 4 is 23.3 Å². The number of anilines is 2. The molecule has 0 aliphatic carbocycles. The highest BCUT2D eigenvalue weighted by Crippen LogP contribution is 2.22. The first-order valence-corrected chi connectivity index (χ1v) is 6.29. The second-order valence-corrected chi connectivity index (χ2v) is 4.36. The Balaban J connectivity index is 2.11. The molecule has 0 heterocycles. The molecule has 5 nitrogen and oxygen atoms in total. The lowest BCUT2D eigenvalue weighted by Crippen LogP contribution is -2.24. The average molecular weight is 306 g/mol. The zero-order valence-corrected chi connectivity index (χ0v) is 11.3. The monoisotopic (exact) mass is 306 g/mol. The van der Waals surface area contributed by atoms with Crippen LogP contribution in [-0.2, 0) is 4.79 Å². The smallest absolute Gasteiger partial charge is 0.337 e. The highest BCUT2D eigenvalue weighted by molar-refractivity contribution is 6.01. The lowest BCUT2D eigenvalue weighted by Gasteiger charge is -2.11. The van der Waals surface area contributed by atoms with Gasteiger partial charge in [-0.1, -0.05) is 18.2 Å². The molecule has 0 atom stereocenters. The van der Waals surface area contributed by atoms with Crippen molar-refractivity contribution in [3.05, 3.63) is 59.7 Å². The number of nitrogens with one attached hydrogen (secondary N) is 2. The van der Waals surface area contributed by atoms with Crippen molar-refractivity contribution in [3.63, 3.8) is 0 Å². The summed E-state index contributed by atoms with van der Waals surface area (Å²) in [4.78, 5) is 22.8. The van der Waals surface area contributed by atoms with E-state index in [1.54, 1.807) is 30.3 Å². The number of carboxylic acid groups (broad SMARTS) is 1. The Bertz CT molecular complexity index is 705. The number of rotatable bonds is 5. The van der Waals surface area contributed by atoms with E-state index in [9.17, 15) is 18.4 Å². The Morgan fingerprint density at radius 3 is 2.36 bits per heavy atom. The van der Waals surface area contributed by atoms with Gasteiger partial charge < -0.3 is 15.7 Å². The quantitative estimate of drug-likeness (QED) is 0.793.